The molecule has 1 unspecified atom stereocenters. The third-order valence-electron chi connectivity index (χ3n) is 9.28. The van der Waals surface area contributed by atoms with Crippen molar-refractivity contribution < 1.29 is 34.1 Å². The molecule has 5 heterocycles. The van der Waals surface area contributed by atoms with Crippen molar-refractivity contribution >= 4 is 61.5 Å². The predicted octanol–water partition coefficient (Wildman–Crippen LogP) is 3.75. The summed E-state index contributed by atoms with van der Waals surface area (Å²) < 4.78 is 17.3. The van der Waals surface area contributed by atoms with Crippen molar-refractivity contribution in [3.05, 3.63) is 58.7 Å². The zero-order chi connectivity index (χ0) is 28.5. The van der Waals surface area contributed by atoms with Crippen molar-refractivity contribution in [3.63, 3.8) is 0 Å². The Kier molecular flexibility index (Phi) is 4.66. The molecule has 0 radical (unpaired) electrons. The fraction of sp³-hybridized carbons (Fsp3) is 0.300. The number of likely N-dealkylation sites (N-methyl/N-ethyl adjacent to an activating group) is 1. The van der Waals surface area contributed by atoms with Gasteiger partial charge in [0.15, 0.2) is 5.72 Å². The van der Waals surface area contributed by atoms with E-state index in [0.717, 1.165) is 33.0 Å². The number of aromatic carboxylic acids is 2. The number of carbonyl (C=O) groups is 3. The first kappa shape index (κ1) is 24.4. The van der Waals surface area contributed by atoms with Crippen molar-refractivity contribution in [2.75, 3.05) is 14.2 Å². The summed E-state index contributed by atoms with van der Waals surface area (Å²) in [6.07, 6.45) is -0.335. The molecule has 2 aromatic heterocycles. The summed E-state index contributed by atoms with van der Waals surface area (Å²) in [6, 6.07) is 9.88. The van der Waals surface area contributed by atoms with E-state index < -0.39 is 30.0 Å². The van der Waals surface area contributed by atoms with E-state index in [-0.39, 0.29) is 29.6 Å². The van der Waals surface area contributed by atoms with Crippen molar-refractivity contribution in [1.29, 1.82) is 0 Å². The van der Waals surface area contributed by atoms with Gasteiger partial charge in [0.2, 0.25) is 0 Å². The normalized spacial score (nSPS) is 24.9. The highest BCUT2D eigenvalue weighted by Crippen LogP contribution is 2.53. The van der Waals surface area contributed by atoms with E-state index in [1.54, 1.807) is 43.5 Å². The highest BCUT2D eigenvalue weighted by molar-refractivity contribution is 6.31. The second-order valence-electron chi connectivity index (χ2n) is 11.2. The van der Waals surface area contributed by atoms with Gasteiger partial charge < -0.3 is 39.5 Å². The Labute approximate surface area is 232 Å². The topological polar surface area (TPSA) is 144 Å². The summed E-state index contributed by atoms with van der Waals surface area (Å²) in [5.41, 5.74) is 3.51. The lowest BCUT2D eigenvalue weighted by Crippen LogP contribution is -2.59. The van der Waals surface area contributed by atoms with Crippen LogP contribution < -0.4 is 10.6 Å². The minimum absolute atomic E-state index is 0.120. The first-order valence-corrected chi connectivity index (χ1v) is 13.4. The fourth-order valence-corrected chi connectivity index (χ4v) is 7.70. The molecule has 208 valence electrons. The number of hydrogen-bond donors (Lipinski definition) is 4. The van der Waals surface area contributed by atoms with Gasteiger partial charge in [0.1, 0.15) is 12.3 Å². The van der Waals surface area contributed by atoms with E-state index in [1.165, 1.54) is 0 Å². The average Bonchev–Trinajstić information content (AvgIpc) is 3.59. The van der Waals surface area contributed by atoms with E-state index in [4.69, 9.17) is 9.47 Å². The lowest BCUT2D eigenvalue weighted by atomic mass is 9.93. The second kappa shape index (κ2) is 7.84. The quantitative estimate of drug-likeness (QED) is 0.263. The number of rotatable bonds is 4. The molecule has 3 aliphatic heterocycles. The van der Waals surface area contributed by atoms with Crippen LogP contribution in [0.3, 0.4) is 0 Å². The molecular formula is C30H26N4O7. The van der Waals surface area contributed by atoms with Gasteiger partial charge >= 0.3 is 11.9 Å². The van der Waals surface area contributed by atoms with Gasteiger partial charge in [-0.25, -0.2) is 9.59 Å². The van der Waals surface area contributed by atoms with Crippen LogP contribution in [0.4, 0.5) is 0 Å². The van der Waals surface area contributed by atoms with Gasteiger partial charge in [-0.1, -0.05) is 0 Å². The number of hydrogen-bond acceptors (Lipinski definition) is 6. The molecule has 4 atom stereocenters. The number of fused-ring (bicyclic) bond motifs is 13. The van der Waals surface area contributed by atoms with Crippen LogP contribution in [0.1, 0.15) is 56.2 Å². The summed E-state index contributed by atoms with van der Waals surface area (Å²) in [4.78, 5) is 37.6. The van der Waals surface area contributed by atoms with Gasteiger partial charge in [-0.05, 0) is 55.9 Å². The van der Waals surface area contributed by atoms with Crippen molar-refractivity contribution in [3.8, 4) is 0 Å². The molecule has 2 bridgehead atoms. The molecule has 0 spiro atoms. The van der Waals surface area contributed by atoms with Gasteiger partial charge in [0, 0.05) is 47.7 Å². The van der Waals surface area contributed by atoms with Crippen LogP contribution in [0.15, 0.2) is 36.4 Å². The molecule has 0 aliphatic carbocycles. The molecule has 3 aromatic carbocycles. The molecular weight excluding hydrogens is 528 g/mol. The highest BCUT2D eigenvalue weighted by Gasteiger charge is 2.53. The van der Waals surface area contributed by atoms with Gasteiger partial charge in [-0.15, -0.1) is 0 Å². The van der Waals surface area contributed by atoms with Gasteiger partial charge in [-0.2, -0.15) is 0 Å². The zero-order valence-corrected chi connectivity index (χ0v) is 22.4. The largest absolute Gasteiger partial charge is 0.478 e. The van der Waals surface area contributed by atoms with Crippen LogP contribution in [-0.4, -0.2) is 63.5 Å². The molecule has 4 N–H and O–H groups in total. The Morgan fingerprint density at radius 3 is 2.34 bits per heavy atom. The van der Waals surface area contributed by atoms with E-state index in [9.17, 15) is 24.6 Å². The maximum Gasteiger partial charge on any atom is 0.335 e. The van der Waals surface area contributed by atoms with Crippen LogP contribution in [0.5, 0.6) is 0 Å². The van der Waals surface area contributed by atoms with Gasteiger partial charge in [0.05, 0.1) is 38.8 Å². The smallest absolute Gasteiger partial charge is 0.335 e. The predicted molar refractivity (Wildman–Crippen MR) is 150 cm³/mol. The molecule has 5 aromatic rings. The maximum absolute atomic E-state index is 13.5. The number of amides is 1. The first-order chi connectivity index (χ1) is 19.7. The van der Waals surface area contributed by atoms with E-state index in [1.807, 2.05) is 14.0 Å². The van der Waals surface area contributed by atoms with Crippen LogP contribution in [-0.2, 0) is 21.7 Å². The van der Waals surface area contributed by atoms with Crippen LogP contribution in [0.2, 0.25) is 0 Å². The molecule has 11 nitrogen and oxygen atoms in total. The number of ether oxygens (including phenoxy) is 2. The number of benzene rings is 3. The number of carboxylic acid groups (broad SMARTS) is 2. The van der Waals surface area contributed by atoms with Gasteiger partial charge in [0.25, 0.3) is 5.91 Å². The molecule has 0 saturated carbocycles. The van der Waals surface area contributed by atoms with Gasteiger partial charge in [-0.3, -0.25) is 4.79 Å². The molecule has 1 fully saturated rings. The molecule has 41 heavy (non-hydrogen) atoms. The van der Waals surface area contributed by atoms with Crippen LogP contribution in [0.25, 0.3) is 43.6 Å². The van der Waals surface area contributed by atoms with E-state index in [0.29, 0.717) is 28.1 Å². The Hall–Kier alpha value is -4.45. The minimum atomic E-state index is -1.06. The lowest BCUT2D eigenvalue weighted by Gasteiger charge is -2.48. The highest BCUT2D eigenvalue weighted by atomic mass is 16.6. The number of nitrogens with zero attached hydrogens (tertiary/aromatic N) is 2. The van der Waals surface area contributed by atoms with Crippen LogP contribution >= 0.6 is 0 Å². The second-order valence-corrected chi connectivity index (χ2v) is 11.2. The summed E-state index contributed by atoms with van der Waals surface area (Å²) in [5, 5.41) is 28.9. The SMILES string of the molecule is CN[C@@H]1CC2O[C@@](C)([C@@H]1OC)n1c3ccc(C(=O)O)cc3c3c4c(c5c6cc(C(=O)O)ccc6n2c5c31)C(=O)NC4. The standard InChI is InChI=1S/C30H26N4O7/c1-30-26(40-3)17(31-2)10-20(41-30)33-18-6-4-12(28(36)37)8-14(18)22-23-16(11-32-27(23)35)21-15-9-13(29(38)39)5-7-19(15)34(30)25(21)24(22)33/h4-9,17,20,26,31H,10-11H2,1-3H3,(H,32,35)(H,36,37)(H,38,39)/t17-,20?,26-,30+/m1/s1. The van der Waals surface area contributed by atoms with Crippen molar-refractivity contribution in [1.82, 2.24) is 19.8 Å². The Morgan fingerprint density at radius 2 is 1.71 bits per heavy atom. The Balaban J connectivity index is 1.69. The molecule has 3 aliphatic rings. The minimum Gasteiger partial charge on any atom is -0.478 e. The summed E-state index contributed by atoms with van der Waals surface area (Å²) in [5.74, 6) is -2.36. The Bertz CT molecular complexity index is 2060. The lowest BCUT2D eigenvalue weighted by molar-refractivity contribution is -0.256. The zero-order valence-electron chi connectivity index (χ0n) is 22.4. The third kappa shape index (κ3) is 2.80. The number of methoxy groups -OCH3 is 1. The third-order valence-corrected chi connectivity index (χ3v) is 9.28. The fourth-order valence-electron chi connectivity index (χ4n) is 7.70. The molecule has 1 saturated heterocycles. The first-order valence-electron chi connectivity index (χ1n) is 13.4. The number of nitrogens with one attached hydrogen (secondary N) is 2. The maximum atomic E-state index is 13.5. The summed E-state index contributed by atoms with van der Waals surface area (Å²) >= 11 is 0. The van der Waals surface area contributed by atoms with Crippen LogP contribution in [0, 0.1) is 0 Å². The Morgan fingerprint density at radius 1 is 1.05 bits per heavy atom. The number of aromatic nitrogens is 2. The number of carbonyl (C=O) groups excluding carboxylic acids is 1. The van der Waals surface area contributed by atoms with E-state index in [2.05, 4.69) is 19.8 Å². The summed E-state index contributed by atoms with van der Waals surface area (Å²) in [6.45, 7) is 2.25. The molecule has 1 amide bonds. The number of carboxylic acids is 2. The van der Waals surface area contributed by atoms with Crippen molar-refractivity contribution in [2.24, 2.45) is 0 Å². The van der Waals surface area contributed by atoms with Crippen molar-refractivity contribution in [2.45, 2.75) is 44.0 Å². The molecule has 11 heteroatoms. The van der Waals surface area contributed by atoms with E-state index >= 15 is 0 Å². The monoisotopic (exact) mass is 554 g/mol. The average molecular weight is 555 g/mol. The summed E-state index contributed by atoms with van der Waals surface area (Å²) in [7, 11) is 3.54. The molecule has 8 rings (SSSR count).